The molecule has 0 unspecified atom stereocenters. The summed E-state index contributed by atoms with van der Waals surface area (Å²) in [5.74, 6) is 0.973. The van der Waals surface area contributed by atoms with Gasteiger partial charge in [-0.25, -0.2) is 0 Å². The van der Waals surface area contributed by atoms with Crippen molar-refractivity contribution in [3.8, 4) is 5.75 Å². The second kappa shape index (κ2) is 7.12. The highest BCUT2D eigenvalue weighted by molar-refractivity contribution is 5.94. The van der Waals surface area contributed by atoms with Crippen LogP contribution in [0.2, 0.25) is 0 Å². The first kappa shape index (κ1) is 16.1. The highest BCUT2D eigenvalue weighted by atomic mass is 16.5. The van der Waals surface area contributed by atoms with E-state index in [2.05, 4.69) is 19.2 Å². The Hall–Kier alpha value is -2.29. The Morgan fingerprint density at radius 1 is 1.00 bits per heavy atom. The SMILES string of the molecule is Cc1ccccc1NC(=O)[C@H](C)Oc1ccccc1C(C)C. The van der Waals surface area contributed by atoms with Gasteiger partial charge < -0.3 is 10.1 Å². The van der Waals surface area contributed by atoms with Crippen molar-refractivity contribution in [2.75, 3.05) is 5.32 Å². The molecule has 1 amide bonds. The first-order valence-corrected chi connectivity index (χ1v) is 7.61. The van der Waals surface area contributed by atoms with Gasteiger partial charge in [0.15, 0.2) is 6.10 Å². The number of carbonyl (C=O) groups is 1. The Balaban J connectivity index is 2.08. The molecule has 0 bridgehead atoms. The zero-order valence-electron chi connectivity index (χ0n) is 13.6. The van der Waals surface area contributed by atoms with E-state index in [9.17, 15) is 4.79 Å². The molecule has 0 spiro atoms. The quantitative estimate of drug-likeness (QED) is 0.881. The molecule has 0 aliphatic carbocycles. The largest absolute Gasteiger partial charge is 0.481 e. The molecule has 0 aromatic heterocycles. The van der Waals surface area contributed by atoms with Crippen LogP contribution in [0.15, 0.2) is 48.5 Å². The second-order valence-electron chi connectivity index (χ2n) is 5.76. The van der Waals surface area contributed by atoms with E-state index in [1.807, 2.05) is 55.5 Å². The minimum Gasteiger partial charge on any atom is -0.481 e. The highest BCUT2D eigenvalue weighted by Crippen LogP contribution is 2.27. The summed E-state index contributed by atoms with van der Waals surface area (Å²) in [5.41, 5.74) is 2.96. The van der Waals surface area contributed by atoms with Gasteiger partial charge in [-0.05, 0) is 43.0 Å². The Labute approximate surface area is 132 Å². The first-order valence-electron chi connectivity index (χ1n) is 7.61. The molecule has 0 aliphatic heterocycles. The summed E-state index contributed by atoms with van der Waals surface area (Å²) >= 11 is 0. The Morgan fingerprint density at radius 2 is 1.64 bits per heavy atom. The van der Waals surface area contributed by atoms with Crippen LogP contribution >= 0.6 is 0 Å². The van der Waals surface area contributed by atoms with E-state index >= 15 is 0 Å². The predicted molar refractivity (Wildman–Crippen MR) is 90.4 cm³/mol. The van der Waals surface area contributed by atoms with Crippen LogP contribution in [0, 0.1) is 6.92 Å². The van der Waals surface area contributed by atoms with Gasteiger partial charge >= 0.3 is 0 Å². The fourth-order valence-corrected chi connectivity index (χ4v) is 2.26. The topological polar surface area (TPSA) is 38.3 Å². The Bertz CT molecular complexity index is 649. The van der Waals surface area contributed by atoms with Gasteiger partial charge in [0.2, 0.25) is 0 Å². The maximum Gasteiger partial charge on any atom is 0.265 e. The number of carbonyl (C=O) groups excluding carboxylic acids is 1. The van der Waals surface area contributed by atoms with E-state index in [1.54, 1.807) is 6.92 Å². The third-order valence-corrected chi connectivity index (χ3v) is 3.62. The van der Waals surface area contributed by atoms with Gasteiger partial charge in [-0.1, -0.05) is 50.2 Å². The molecule has 2 aromatic carbocycles. The lowest BCUT2D eigenvalue weighted by Crippen LogP contribution is -2.30. The minimum absolute atomic E-state index is 0.146. The van der Waals surface area contributed by atoms with Crippen LogP contribution in [0.1, 0.15) is 37.8 Å². The van der Waals surface area contributed by atoms with Crippen LogP contribution in [-0.4, -0.2) is 12.0 Å². The van der Waals surface area contributed by atoms with Crippen LogP contribution in [-0.2, 0) is 4.79 Å². The Kier molecular flexibility index (Phi) is 5.21. The predicted octanol–water partition coefficient (Wildman–Crippen LogP) is 4.52. The second-order valence-corrected chi connectivity index (χ2v) is 5.76. The summed E-state index contributed by atoms with van der Waals surface area (Å²) in [6, 6.07) is 15.6. The van der Waals surface area contributed by atoms with Crippen molar-refractivity contribution in [3.05, 3.63) is 59.7 Å². The average Bonchev–Trinajstić information content (AvgIpc) is 2.49. The monoisotopic (exact) mass is 297 g/mol. The van der Waals surface area contributed by atoms with Crippen molar-refractivity contribution in [3.63, 3.8) is 0 Å². The third-order valence-electron chi connectivity index (χ3n) is 3.62. The van der Waals surface area contributed by atoms with Crippen molar-refractivity contribution in [2.24, 2.45) is 0 Å². The summed E-state index contributed by atoms with van der Waals surface area (Å²) in [6.45, 7) is 7.96. The molecule has 0 aliphatic rings. The number of ether oxygens (including phenoxy) is 1. The van der Waals surface area contributed by atoms with E-state index in [0.29, 0.717) is 5.92 Å². The molecule has 3 nitrogen and oxygen atoms in total. The van der Waals surface area contributed by atoms with E-state index in [-0.39, 0.29) is 5.91 Å². The molecule has 0 radical (unpaired) electrons. The van der Waals surface area contributed by atoms with Crippen molar-refractivity contribution >= 4 is 11.6 Å². The average molecular weight is 297 g/mol. The summed E-state index contributed by atoms with van der Waals surface area (Å²) < 4.78 is 5.87. The van der Waals surface area contributed by atoms with Crippen molar-refractivity contribution < 1.29 is 9.53 Å². The normalized spacial score (nSPS) is 12.0. The summed E-state index contributed by atoms with van der Waals surface area (Å²) in [4.78, 5) is 12.3. The molecule has 2 aromatic rings. The Morgan fingerprint density at radius 3 is 2.32 bits per heavy atom. The van der Waals surface area contributed by atoms with Crippen LogP contribution in [0.3, 0.4) is 0 Å². The van der Waals surface area contributed by atoms with Gasteiger partial charge in [0, 0.05) is 5.69 Å². The minimum atomic E-state index is -0.556. The van der Waals surface area contributed by atoms with Crippen molar-refractivity contribution in [1.82, 2.24) is 0 Å². The maximum absolute atomic E-state index is 12.3. The summed E-state index contributed by atoms with van der Waals surface area (Å²) in [5, 5.41) is 2.91. The lowest BCUT2D eigenvalue weighted by atomic mass is 10.0. The molecule has 1 atom stereocenters. The fraction of sp³-hybridized carbons (Fsp3) is 0.316. The van der Waals surface area contributed by atoms with Crippen LogP contribution in [0.4, 0.5) is 5.69 Å². The standard InChI is InChI=1S/C19H23NO2/c1-13(2)16-10-6-8-12-18(16)22-15(4)19(21)20-17-11-7-5-9-14(17)3/h5-13,15H,1-4H3,(H,20,21)/t15-/m0/s1. The molecule has 3 heteroatoms. The number of benzene rings is 2. The lowest BCUT2D eigenvalue weighted by Gasteiger charge is -2.19. The molecule has 0 heterocycles. The number of para-hydroxylation sites is 2. The molecular formula is C19H23NO2. The number of aryl methyl sites for hydroxylation is 1. The first-order chi connectivity index (χ1) is 10.5. The number of anilines is 1. The summed E-state index contributed by atoms with van der Waals surface area (Å²) in [6.07, 6.45) is -0.556. The molecule has 0 fully saturated rings. The van der Waals surface area contributed by atoms with Gasteiger partial charge in [-0.15, -0.1) is 0 Å². The maximum atomic E-state index is 12.3. The van der Waals surface area contributed by atoms with Crippen molar-refractivity contribution in [2.45, 2.75) is 39.7 Å². The number of hydrogen-bond donors (Lipinski definition) is 1. The number of hydrogen-bond acceptors (Lipinski definition) is 2. The smallest absolute Gasteiger partial charge is 0.265 e. The van der Waals surface area contributed by atoms with Gasteiger partial charge in [-0.2, -0.15) is 0 Å². The molecule has 116 valence electrons. The van der Waals surface area contributed by atoms with E-state index in [4.69, 9.17) is 4.74 Å². The van der Waals surface area contributed by atoms with Gasteiger partial charge in [0.1, 0.15) is 5.75 Å². The zero-order valence-corrected chi connectivity index (χ0v) is 13.6. The van der Waals surface area contributed by atoms with Crippen LogP contribution in [0.25, 0.3) is 0 Å². The highest BCUT2D eigenvalue weighted by Gasteiger charge is 2.17. The van der Waals surface area contributed by atoms with E-state index in [0.717, 1.165) is 22.6 Å². The molecule has 0 saturated carbocycles. The van der Waals surface area contributed by atoms with E-state index < -0.39 is 6.10 Å². The number of nitrogens with one attached hydrogen (secondary N) is 1. The van der Waals surface area contributed by atoms with Gasteiger partial charge in [0.25, 0.3) is 5.91 Å². The zero-order chi connectivity index (χ0) is 16.1. The molecule has 1 N–H and O–H groups in total. The number of rotatable bonds is 5. The molecule has 22 heavy (non-hydrogen) atoms. The van der Waals surface area contributed by atoms with Crippen LogP contribution < -0.4 is 10.1 Å². The molecule has 0 saturated heterocycles. The summed E-state index contributed by atoms with van der Waals surface area (Å²) in [7, 11) is 0. The molecular weight excluding hydrogens is 274 g/mol. The lowest BCUT2D eigenvalue weighted by molar-refractivity contribution is -0.122. The van der Waals surface area contributed by atoms with Crippen LogP contribution in [0.5, 0.6) is 5.75 Å². The van der Waals surface area contributed by atoms with E-state index in [1.165, 1.54) is 0 Å². The third kappa shape index (κ3) is 3.88. The number of amides is 1. The fourth-order valence-electron chi connectivity index (χ4n) is 2.26. The molecule has 2 rings (SSSR count). The van der Waals surface area contributed by atoms with Gasteiger partial charge in [0.05, 0.1) is 0 Å². The van der Waals surface area contributed by atoms with Crippen molar-refractivity contribution in [1.29, 1.82) is 0 Å². The van der Waals surface area contributed by atoms with Gasteiger partial charge in [-0.3, -0.25) is 4.79 Å².